The Bertz CT molecular complexity index is 1100. The summed E-state index contributed by atoms with van der Waals surface area (Å²) in [5.41, 5.74) is 0.232. The summed E-state index contributed by atoms with van der Waals surface area (Å²) < 4.78 is 1.47. The highest BCUT2D eigenvalue weighted by atomic mass is 35.5. The predicted molar refractivity (Wildman–Crippen MR) is 112 cm³/mol. The van der Waals surface area contributed by atoms with Crippen LogP contribution in [0, 0.1) is 11.3 Å². The molecule has 1 atom stereocenters. The van der Waals surface area contributed by atoms with Gasteiger partial charge in [-0.2, -0.15) is 14.9 Å². The minimum atomic E-state index is -0.780. The third-order valence-corrected chi connectivity index (χ3v) is 4.71. The van der Waals surface area contributed by atoms with Crippen molar-refractivity contribution in [2.75, 3.05) is 12.4 Å². The number of nitrogens with one attached hydrogen (secondary N) is 2. The summed E-state index contributed by atoms with van der Waals surface area (Å²) >= 11 is 6.20. The van der Waals surface area contributed by atoms with E-state index in [0.717, 1.165) is 0 Å². The lowest BCUT2D eigenvalue weighted by atomic mass is 9.85. The smallest absolute Gasteiger partial charge is 0.252 e. The van der Waals surface area contributed by atoms with Crippen LogP contribution < -0.4 is 10.6 Å². The van der Waals surface area contributed by atoms with E-state index in [0.29, 0.717) is 33.9 Å². The summed E-state index contributed by atoms with van der Waals surface area (Å²) in [6.45, 7) is 5.32. The summed E-state index contributed by atoms with van der Waals surface area (Å²) in [7, 11) is 1.70. The quantitative estimate of drug-likeness (QED) is 0.623. The molecule has 0 radical (unpaired) electrons. The first-order valence-corrected chi connectivity index (χ1v) is 9.58. The van der Waals surface area contributed by atoms with Crippen LogP contribution in [0.15, 0.2) is 36.7 Å². The van der Waals surface area contributed by atoms with Gasteiger partial charge in [0.1, 0.15) is 0 Å². The highest BCUT2D eigenvalue weighted by Crippen LogP contribution is 2.27. The Hall–Kier alpha value is -3.51. The number of nitrogens with zero attached hydrogens (tertiary/aromatic N) is 6. The lowest BCUT2D eigenvalue weighted by Gasteiger charge is -2.18. The summed E-state index contributed by atoms with van der Waals surface area (Å²) in [5.74, 6) is 0.816. The number of carbonyl (C=O) groups excluding carboxylic acids is 1. The van der Waals surface area contributed by atoms with E-state index in [-0.39, 0.29) is 5.91 Å². The molecule has 3 aromatic rings. The molecule has 0 bridgehead atoms. The SMILES string of the molecule is CNc1nc([C@H](C)NC(=O)c2cc(Cl)cc(C(C)(C)C#N)c2)n(-c2ncccn2)n1. The minimum Gasteiger partial charge on any atom is -0.356 e. The van der Waals surface area contributed by atoms with Gasteiger partial charge >= 0.3 is 0 Å². The van der Waals surface area contributed by atoms with Crippen LogP contribution >= 0.6 is 11.6 Å². The molecular formula is C20H21ClN8O. The van der Waals surface area contributed by atoms with Crippen LogP contribution in [0.3, 0.4) is 0 Å². The van der Waals surface area contributed by atoms with Gasteiger partial charge in [-0.15, -0.1) is 5.10 Å². The zero-order valence-electron chi connectivity index (χ0n) is 17.0. The molecule has 1 amide bonds. The van der Waals surface area contributed by atoms with Gasteiger partial charge in [0.15, 0.2) is 5.82 Å². The van der Waals surface area contributed by atoms with Gasteiger partial charge in [-0.1, -0.05) is 11.6 Å². The van der Waals surface area contributed by atoms with E-state index in [1.54, 1.807) is 64.5 Å². The first kappa shape index (κ1) is 21.2. The number of aromatic nitrogens is 5. The second-order valence-electron chi connectivity index (χ2n) is 7.16. The van der Waals surface area contributed by atoms with Crippen LogP contribution in [0.5, 0.6) is 0 Å². The molecule has 0 spiro atoms. The van der Waals surface area contributed by atoms with Gasteiger partial charge in [0.2, 0.25) is 5.95 Å². The van der Waals surface area contributed by atoms with Crippen molar-refractivity contribution in [3.05, 3.63) is 58.6 Å². The fourth-order valence-corrected chi connectivity index (χ4v) is 2.98. The van der Waals surface area contributed by atoms with Crippen molar-refractivity contribution in [3.8, 4) is 12.0 Å². The number of amides is 1. The molecule has 2 N–H and O–H groups in total. The van der Waals surface area contributed by atoms with E-state index in [4.69, 9.17) is 11.6 Å². The van der Waals surface area contributed by atoms with E-state index >= 15 is 0 Å². The van der Waals surface area contributed by atoms with Crippen molar-refractivity contribution < 1.29 is 4.79 Å². The number of halogens is 1. The van der Waals surface area contributed by atoms with Crippen LogP contribution in [0.1, 0.15) is 48.6 Å². The molecule has 2 heterocycles. The molecule has 9 nitrogen and oxygen atoms in total. The van der Waals surface area contributed by atoms with Gasteiger partial charge in [-0.3, -0.25) is 4.79 Å². The summed E-state index contributed by atoms with van der Waals surface area (Å²) in [5, 5.41) is 19.9. The maximum absolute atomic E-state index is 12.9. The number of nitriles is 1. The molecule has 0 aliphatic heterocycles. The third-order valence-electron chi connectivity index (χ3n) is 4.49. The highest BCUT2D eigenvalue weighted by molar-refractivity contribution is 6.31. The largest absolute Gasteiger partial charge is 0.356 e. The molecule has 0 saturated heterocycles. The average molecular weight is 425 g/mol. The van der Waals surface area contributed by atoms with E-state index in [1.807, 2.05) is 0 Å². The predicted octanol–water partition coefficient (Wildman–Crippen LogP) is 3.04. The van der Waals surface area contributed by atoms with E-state index < -0.39 is 11.5 Å². The lowest BCUT2D eigenvalue weighted by Crippen LogP contribution is -2.29. The van der Waals surface area contributed by atoms with Crippen LogP contribution in [-0.4, -0.2) is 37.7 Å². The molecule has 0 fully saturated rings. The number of carbonyl (C=O) groups is 1. The Kier molecular flexibility index (Phi) is 5.99. The van der Waals surface area contributed by atoms with Crippen molar-refractivity contribution in [3.63, 3.8) is 0 Å². The van der Waals surface area contributed by atoms with Crippen LogP contribution in [-0.2, 0) is 5.41 Å². The number of rotatable bonds is 6. The molecule has 10 heteroatoms. The zero-order valence-corrected chi connectivity index (χ0v) is 17.8. The summed E-state index contributed by atoms with van der Waals surface area (Å²) in [6.07, 6.45) is 3.20. The maximum atomic E-state index is 12.9. The highest BCUT2D eigenvalue weighted by Gasteiger charge is 2.24. The molecular weight excluding hydrogens is 404 g/mol. The van der Waals surface area contributed by atoms with Crippen LogP contribution in [0.2, 0.25) is 5.02 Å². The van der Waals surface area contributed by atoms with E-state index in [2.05, 4.69) is 36.8 Å². The Morgan fingerprint density at radius 1 is 1.27 bits per heavy atom. The molecule has 0 unspecified atom stereocenters. The Balaban J connectivity index is 1.91. The van der Waals surface area contributed by atoms with Gasteiger partial charge in [0, 0.05) is 30.0 Å². The van der Waals surface area contributed by atoms with Gasteiger partial charge in [0.05, 0.1) is 17.5 Å². The zero-order chi connectivity index (χ0) is 21.9. The average Bonchev–Trinajstić information content (AvgIpc) is 3.18. The molecule has 0 aliphatic carbocycles. The second-order valence-corrected chi connectivity index (χ2v) is 7.60. The molecule has 1 aromatic carbocycles. The van der Waals surface area contributed by atoms with Crippen molar-refractivity contribution in [1.82, 2.24) is 30.0 Å². The standard InChI is InChI=1S/C20H21ClN8O/c1-12(16-27-18(23-4)28-29(16)19-24-6-5-7-25-19)26-17(30)13-8-14(10-15(21)9-13)20(2,3)11-22/h5-10,12H,1-4H3,(H,23,28)(H,26,30)/t12-/m0/s1. The van der Waals surface area contributed by atoms with E-state index in [9.17, 15) is 10.1 Å². The Morgan fingerprint density at radius 2 is 1.97 bits per heavy atom. The molecule has 0 saturated carbocycles. The monoisotopic (exact) mass is 424 g/mol. The summed E-state index contributed by atoms with van der Waals surface area (Å²) in [4.78, 5) is 25.7. The first-order valence-electron chi connectivity index (χ1n) is 9.20. The fraction of sp³-hybridized carbons (Fsp3) is 0.300. The number of hydrogen-bond donors (Lipinski definition) is 2. The summed E-state index contributed by atoms with van der Waals surface area (Å²) in [6, 6.07) is 8.32. The minimum absolute atomic E-state index is 0.336. The van der Waals surface area contributed by atoms with E-state index in [1.165, 1.54) is 4.68 Å². The number of benzene rings is 1. The number of anilines is 1. The third kappa shape index (κ3) is 4.39. The van der Waals surface area contributed by atoms with Crippen molar-refractivity contribution in [2.24, 2.45) is 0 Å². The fourth-order valence-electron chi connectivity index (χ4n) is 2.75. The Labute approximate surface area is 179 Å². The molecule has 2 aromatic heterocycles. The molecule has 154 valence electrons. The Morgan fingerprint density at radius 3 is 2.60 bits per heavy atom. The molecule has 3 rings (SSSR count). The number of hydrogen-bond acceptors (Lipinski definition) is 7. The second kappa shape index (κ2) is 8.47. The van der Waals surface area contributed by atoms with Gasteiger partial charge < -0.3 is 10.6 Å². The van der Waals surface area contributed by atoms with Gasteiger partial charge in [-0.25, -0.2) is 9.97 Å². The first-order chi connectivity index (χ1) is 14.2. The topological polar surface area (TPSA) is 121 Å². The van der Waals surface area contributed by atoms with Gasteiger partial charge in [-0.05, 0) is 50.6 Å². The lowest BCUT2D eigenvalue weighted by molar-refractivity contribution is 0.0937. The van der Waals surface area contributed by atoms with Crippen LogP contribution in [0.25, 0.3) is 5.95 Å². The molecule has 30 heavy (non-hydrogen) atoms. The maximum Gasteiger partial charge on any atom is 0.252 e. The molecule has 0 aliphatic rings. The van der Waals surface area contributed by atoms with Crippen molar-refractivity contribution in [1.29, 1.82) is 5.26 Å². The van der Waals surface area contributed by atoms with Crippen molar-refractivity contribution >= 4 is 23.5 Å². The van der Waals surface area contributed by atoms with Gasteiger partial charge in [0.25, 0.3) is 11.9 Å². The normalized spacial score (nSPS) is 12.1. The van der Waals surface area contributed by atoms with Crippen molar-refractivity contribution in [2.45, 2.75) is 32.2 Å². The van der Waals surface area contributed by atoms with Crippen LogP contribution in [0.4, 0.5) is 5.95 Å².